The molecule has 152 valence electrons. The molecule has 29 heavy (non-hydrogen) atoms. The number of thiophene rings is 1. The maximum Gasteiger partial charge on any atom is 0.311 e. The topological polar surface area (TPSA) is 105 Å². The molecule has 1 amide bonds. The summed E-state index contributed by atoms with van der Waals surface area (Å²) < 4.78 is 33.5. The van der Waals surface area contributed by atoms with Crippen LogP contribution in [0.1, 0.15) is 29.1 Å². The number of benzene rings is 1. The lowest BCUT2D eigenvalue weighted by atomic mass is 10.2. The summed E-state index contributed by atoms with van der Waals surface area (Å²) in [5.41, 5.74) is 1.59. The number of amides is 1. The molecule has 1 fully saturated rings. The maximum absolute atomic E-state index is 12.7. The zero-order chi connectivity index (χ0) is 20.6. The van der Waals surface area contributed by atoms with Crippen LogP contribution < -0.4 is 4.72 Å². The van der Waals surface area contributed by atoms with Gasteiger partial charge in [0.1, 0.15) is 4.21 Å². The van der Waals surface area contributed by atoms with Crippen LogP contribution in [0.4, 0.5) is 5.69 Å². The van der Waals surface area contributed by atoms with E-state index in [1.165, 1.54) is 6.07 Å². The molecule has 2 aromatic heterocycles. The van der Waals surface area contributed by atoms with E-state index in [9.17, 15) is 13.2 Å². The lowest BCUT2D eigenvalue weighted by molar-refractivity contribution is 0.0754. The van der Waals surface area contributed by atoms with E-state index < -0.39 is 10.0 Å². The third-order valence-corrected chi connectivity index (χ3v) is 7.56. The summed E-state index contributed by atoms with van der Waals surface area (Å²) in [7, 11) is -3.80. The van der Waals surface area contributed by atoms with Gasteiger partial charge >= 0.3 is 11.8 Å². The number of nitrogens with one attached hydrogen (secondary N) is 1. The van der Waals surface area contributed by atoms with Gasteiger partial charge in [-0.3, -0.25) is 9.52 Å². The fourth-order valence-electron chi connectivity index (χ4n) is 2.99. The lowest BCUT2D eigenvalue weighted by Gasteiger charge is -2.11. The quantitative estimate of drug-likeness (QED) is 0.631. The van der Waals surface area contributed by atoms with E-state index in [1.54, 1.807) is 35.4 Å². The zero-order valence-corrected chi connectivity index (χ0v) is 17.8. The first-order valence-corrected chi connectivity index (χ1v) is 11.6. The molecule has 0 spiro atoms. The molecule has 1 aromatic carbocycles. The Hall–Kier alpha value is -2.43. The fraction of sp³-hybridized carbons (Fsp3) is 0.278. The molecule has 0 unspecified atom stereocenters. The molecule has 0 bridgehead atoms. The predicted molar refractivity (Wildman–Crippen MR) is 110 cm³/mol. The van der Waals surface area contributed by atoms with E-state index in [1.807, 2.05) is 0 Å². The monoisotopic (exact) mass is 452 g/mol. The second kappa shape index (κ2) is 7.77. The highest BCUT2D eigenvalue weighted by Gasteiger charge is 2.26. The van der Waals surface area contributed by atoms with Gasteiger partial charge in [0.25, 0.3) is 10.0 Å². The zero-order valence-electron chi connectivity index (χ0n) is 15.4. The van der Waals surface area contributed by atoms with E-state index in [-0.39, 0.29) is 21.9 Å². The van der Waals surface area contributed by atoms with E-state index in [2.05, 4.69) is 14.9 Å². The Balaban J connectivity index is 1.54. The summed E-state index contributed by atoms with van der Waals surface area (Å²) in [5.74, 6) is -0.287. The van der Waals surface area contributed by atoms with Gasteiger partial charge in [-0.25, -0.2) is 8.42 Å². The molecular weight excluding hydrogens is 436 g/mol. The number of aryl methyl sites for hydroxylation is 1. The Bertz CT molecular complexity index is 1170. The Kier molecular flexibility index (Phi) is 5.32. The van der Waals surface area contributed by atoms with Crippen LogP contribution in [0.3, 0.4) is 0 Å². The highest BCUT2D eigenvalue weighted by molar-refractivity contribution is 7.94. The van der Waals surface area contributed by atoms with Crippen molar-refractivity contribution in [2.24, 2.45) is 0 Å². The minimum atomic E-state index is -3.80. The standard InChI is InChI=1S/C18H17ClN4O4S2/c1-11-8-13(19)4-5-14(11)22-29(25,26)15-9-12(10-28-15)16-20-21-17(27-16)18(24)23-6-2-3-7-23/h4-5,8-10,22H,2-3,6-7H2,1H3. The van der Waals surface area contributed by atoms with E-state index >= 15 is 0 Å². The molecule has 0 saturated carbocycles. The van der Waals surface area contributed by atoms with Gasteiger partial charge in [0.15, 0.2) is 0 Å². The minimum Gasteiger partial charge on any atom is -0.412 e. The third-order valence-electron chi connectivity index (χ3n) is 4.52. The van der Waals surface area contributed by atoms with Gasteiger partial charge < -0.3 is 9.32 Å². The van der Waals surface area contributed by atoms with Crippen LogP contribution in [0, 0.1) is 6.92 Å². The van der Waals surface area contributed by atoms with Crippen LogP contribution in [-0.2, 0) is 10.0 Å². The van der Waals surface area contributed by atoms with Gasteiger partial charge in [-0.05, 0) is 49.6 Å². The maximum atomic E-state index is 12.7. The fourth-order valence-corrected chi connectivity index (χ4v) is 5.50. The number of halogens is 1. The number of hydrogen-bond acceptors (Lipinski definition) is 7. The van der Waals surface area contributed by atoms with Gasteiger partial charge in [0, 0.05) is 23.5 Å². The molecule has 0 aliphatic carbocycles. The average Bonchev–Trinajstić information content (AvgIpc) is 3.44. The number of aromatic nitrogens is 2. The first kappa shape index (κ1) is 19.9. The highest BCUT2D eigenvalue weighted by Crippen LogP contribution is 2.30. The van der Waals surface area contributed by atoms with Crippen molar-refractivity contribution >= 4 is 44.6 Å². The molecule has 0 radical (unpaired) electrons. The molecule has 0 atom stereocenters. The number of carbonyl (C=O) groups excluding carboxylic acids is 1. The van der Waals surface area contributed by atoms with Crippen molar-refractivity contribution < 1.29 is 17.6 Å². The van der Waals surface area contributed by atoms with Gasteiger partial charge in [0.2, 0.25) is 5.89 Å². The van der Waals surface area contributed by atoms with Crippen molar-refractivity contribution in [3.05, 3.63) is 46.1 Å². The van der Waals surface area contributed by atoms with Crippen molar-refractivity contribution in [2.45, 2.75) is 24.0 Å². The number of hydrogen-bond donors (Lipinski definition) is 1. The smallest absolute Gasteiger partial charge is 0.311 e. The largest absolute Gasteiger partial charge is 0.412 e. The van der Waals surface area contributed by atoms with E-state index in [4.69, 9.17) is 16.0 Å². The number of likely N-dealkylation sites (tertiary alicyclic amines) is 1. The van der Waals surface area contributed by atoms with Crippen molar-refractivity contribution in [3.8, 4) is 11.5 Å². The van der Waals surface area contributed by atoms with E-state index in [0.29, 0.717) is 34.9 Å². The van der Waals surface area contributed by atoms with E-state index in [0.717, 1.165) is 24.2 Å². The number of carbonyl (C=O) groups is 1. The predicted octanol–water partition coefficient (Wildman–Crippen LogP) is 3.80. The Morgan fingerprint density at radius 2 is 2.00 bits per heavy atom. The number of sulfonamides is 1. The second-order valence-electron chi connectivity index (χ2n) is 6.63. The van der Waals surface area contributed by atoms with Crippen LogP contribution in [0.15, 0.2) is 38.3 Å². The van der Waals surface area contributed by atoms with Gasteiger partial charge in [-0.1, -0.05) is 11.6 Å². The van der Waals surface area contributed by atoms with Crippen LogP contribution >= 0.6 is 22.9 Å². The van der Waals surface area contributed by atoms with Crippen LogP contribution in [0.2, 0.25) is 5.02 Å². The Morgan fingerprint density at radius 3 is 2.72 bits per heavy atom. The van der Waals surface area contributed by atoms with Gasteiger partial charge in [-0.2, -0.15) is 0 Å². The molecule has 1 saturated heterocycles. The van der Waals surface area contributed by atoms with Gasteiger partial charge in [0.05, 0.1) is 11.3 Å². The van der Waals surface area contributed by atoms with Crippen LogP contribution in [-0.4, -0.2) is 42.5 Å². The molecule has 4 rings (SSSR count). The number of rotatable bonds is 5. The molecule has 1 N–H and O–H groups in total. The molecule has 3 aromatic rings. The summed E-state index contributed by atoms with van der Waals surface area (Å²) in [5, 5.41) is 9.84. The number of anilines is 1. The van der Waals surface area contributed by atoms with Gasteiger partial charge in [-0.15, -0.1) is 21.5 Å². The molecule has 11 heteroatoms. The third kappa shape index (κ3) is 4.14. The molecule has 1 aliphatic rings. The first-order chi connectivity index (χ1) is 13.8. The van der Waals surface area contributed by atoms with Crippen molar-refractivity contribution in [1.29, 1.82) is 0 Å². The molecule has 3 heterocycles. The molecule has 8 nitrogen and oxygen atoms in total. The Labute approximate surface area is 176 Å². The average molecular weight is 453 g/mol. The van der Waals surface area contributed by atoms with Crippen molar-refractivity contribution in [2.75, 3.05) is 17.8 Å². The normalized spacial score (nSPS) is 14.3. The molecular formula is C18H17ClN4O4S2. The lowest BCUT2D eigenvalue weighted by Crippen LogP contribution is -2.27. The highest BCUT2D eigenvalue weighted by atomic mass is 35.5. The second-order valence-corrected chi connectivity index (χ2v) is 9.89. The number of nitrogens with zero attached hydrogens (tertiary/aromatic N) is 3. The summed E-state index contributed by atoms with van der Waals surface area (Å²) in [6.45, 7) is 3.11. The summed E-state index contributed by atoms with van der Waals surface area (Å²) in [6.07, 6.45) is 1.91. The van der Waals surface area contributed by atoms with Crippen LogP contribution in [0.25, 0.3) is 11.5 Å². The SMILES string of the molecule is Cc1cc(Cl)ccc1NS(=O)(=O)c1cc(-c2nnc(C(=O)N3CCCC3)o2)cs1. The summed E-state index contributed by atoms with van der Waals surface area (Å²) in [4.78, 5) is 14.0. The van der Waals surface area contributed by atoms with Crippen molar-refractivity contribution in [1.82, 2.24) is 15.1 Å². The first-order valence-electron chi connectivity index (χ1n) is 8.84. The Morgan fingerprint density at radius 1 is 1.24 bits per heavy atom. The summed E-state index contributed by atoms with van der Waals surface area (Å²) >= 11 is 6.94. The molecule has 1 aliphatic heterocycles. The minimum absolute atomic E-state index is 0.0902. The summed E-state index contributed by atoms with van der Waals surface area (Å²) in [6, 6.07) is 6.34. The van der Waals surface area contributed by atoms with Crippen LogP contribution in [0.5, 0.6) is 0 Å². The van der Waals surface area contributed by atoms with Crippen molar-refractivity contribution in [3.63, 3.8) is 0 Å².